The maximum atomic E-state index is 13.8. The Bertz CT molecular complexity index is 1360. The van der Waals surface area contributed by atoms with Gasteiger partial charge in [-0.3, -0.25) is 0 Å². The molecule has 0 saturated carbocycles. The molecule has 0 bridgehead atoms. The van der Waals surface area contributed by atoms with Gasteiger partial charge in [0.15, 0.2) is 23.0 Å². The molecule has 8 N–H and O–H groups in total. The number of methoxy groups -OCH3 is 2. The number of rotatable bonds is 11. The highest BCUT2D eigenvalue weighted by Gasteiger charge is 2.47. The van der Waals surface area contributed by atoms with Crippen LogP contribution < -0.4 is 9.47 Å². The number of aromatic hydroxyl groups is 2. The van der Waals surface area contributed by atoms with E-state index in [4.69, 9.17) is 28.4 Å². The van der Waals surface area contributed by atoms with Crippen molar-refractivity contribution in [2.75, 3.05) is 27.4 Å². The highest BCUT2D eigenvalue weighted by atomic mass is 16.7. The summed E-state index contributed by atoms with van der Waals surface area (Å²) in [6, 6.07) is 7.82. The molecule has 2 aliphatic heterocycles. The van der Waals surface area contributed by atoms with Crippen molar-refractivity contribution in [2.45, 2.75) is 49.2 Å². The van der Waals surface area contributed by atoms with E-state index in [1.807, 2.05) is 0 Å². The molecule has 2 aromatic carbocycles. The molecule has 2 heterocycles. The van der Waals surface area contributed by atoms with Crippen molar-refractivity contribution in [2.24, 2.45) is 0 Å². The van der Waals surface area contributed by atoms with E-state index < -0.39 is 85.5 Å². The second-order valence-corrected chi connectivity index (χ2v) is 10.2. The van der Waals surface area contributed by atoms with Gasteiger partial charge in [0.1, 0.15) is 36.6 Å². The van der Waals surface area contributed by atoms with Crippen molar-refractivity contribution >= 4 is 24.1 Å². The van der Waals surface area contributed by atoms with Gasteiger partial charge in [0.2, 0.25) is 12.6 Å². The summed E-state index contributed by atoms with van der Waals surface area (Å²) in [4.78, 5) is 27.5. The molecule has 2 aliphatic rings. The first kappa shape index (κ1) is 34.6. The number of benzene rings is 2. The second-order valence-electron chi connectivity index (χ2n) is 10.2. The lowest BCUT2D eigenvalue weighted by Gasteiger charge is -2.20. The summed E-state index contributed by atoms with van der Waals surface area (Å²) in [5.41, 5.74) is -0.765. The molecular formula is C30H34O16. The van der Waals surface area contributed by atoms with Gasteiger partial charge in [-0.15, -0.1) is 0 Å². The summed E-state index contributed by atoms with van der Waals surface area (Å²) in [6.07, 6.45) is -10.7. The van der Waals surface area contributed by atoms with Gasteiger partial charge in [-0.2, -0.15) is 0 Å². The molecule has 8 atom stereocenters. The third kappa shape index (κ3) is 7.41. The number of phenolic OH excluding ortho intramolecular Hbond substituents is 2. The van der Waals surface area contributed by atoms with Crippen molar-refractivity contribution in [1.82, 2.24) is 0 Å². The average molecular weight is 651 g/mol. The predicted molar refractivity (Wildman–Crippen MR) is 153 cm³/mol. The lowest BCUT2D eigenvalue weighted by molar-refractivity contribution is -0.188. The highest BCUT2D eigenvalue weighted by molar-refractivity contribution is 6.13. The van der Waals surface area contributed by atoms with Crippen molar-refractivity contribution in [1.29, 1.82) is 0 Å². The Morgan fingerprint density at radius 2 is 1.04 bits per heavy atom. The number of hydrogen-bond acceptors (Lipinski definition) is 16. The summed E-state index contributed by atoms with van der Waals surface area (Å²) in [7, 11) is 2.56. The molecule has 2 aromatic rings. The Hall–Kier alpha value is -4.26. The maximum absolute atomic E-state index is 13.8. The molecule has 0 unspecified atom stereocenters. The molecule has 46 heavy (non-hydrogen) atoms. The van der Waals surface area contributed by atoms with E-state index in [-0.39, 0.29) is 34.1 Å². The fraction of sp³-hybridized carbons (Fsp3) is 0.400. The van der Waals surface area contributed by atoms with E-state index in [2.05, 4.69) is 0 Å². The van der Waals surface area contributed by atoms with Crippen LogP contribution in [0.4, 0.5) is 0 Å². The molecule has 4 rings (SSSR count). The Balaban J connectivity index is 1.84. The monoisotopic (exact) mass is 650 g/mol. The van der Waals surface area contributed by atoms with Gasteiger partial charge in [0.25, 0.3) is 0 Å². The van der Waals surface area contributed by atoms with Crippen LogP contribution in [-0.2, 0) is 28.5 Å². The van der Waals surface area contributed by atoms with Crippen LogP contribution in [0.25, 0.3) is 12.2 Å². The van der Waals surface area contributed by atoms with E-state index in [0.717, 1.165) is 12.2 Å². The molecule has 16 heteroatoms. The Labute approximate surface area is 261 Å². The number of hydrogen-bond donors (Lipinski definition) is 8. The van der Waals surface area contributed by atoms with E-state index in [1.54, 1.807) is 0 Å². The van der Waals surface area contributed by atoms with E-state index >= 15 is 0 Å². The van der Waals surface area contributed by atoms with Crippen LogP contribution in [0.1, 0.15) is 11.1 Å². The van der Waals surface area contributed by atoms with Crippen LogP contribution in [0.15, 0.2) is 47.5 Å². The second kappa shape index (κ2) is 14.9. The van der Waals surface area contributed by atoms with Crippen LogP contribution in [0.5, 0.6) is 23.0 Å². The van der Waals surface area contributed by atoms with Crippen LogP contribution in [-0.4, -0.2) is 129 Å². The lowest BCUT2D eigenvalue weighted by Crippen LogP contribution is -2.36. The molecule has 0 aromatic heterocycles. The Kier molecular flexibility index (Phi) is 11.2. The van der Waals surface area contributed by atoms with Gasteiger partial charge < -0.3 is 69.3 Å². The first-order valence-electron chi connectivity index (χ1n) is 13.8. The van der Waals surface area contributed by atoms with Crippen molar-refractivity contribution in [3.05, 3.63) is 58.7 Å². The highest BCUT2D eigenvalue weighted by Crippen LogP contribution is 2.33. The van der Waals surface area contributed by atoms with Crippen molar-refractivity contribution in [3.63, 3.8) is 0 Å². The lowest BCUT2D eigenvalue weighted by atomic mass is 9.99. The van der Waals surface area contributed by atoms with Crippen LogP contribution >= 0.6 is 0 Å². The summed E-state index contributed by atoms with van der Waals surface area (Å²) >= 11 is 0. The Morgan fingerprint density at radius 3 is 1.35 bits per heavy atom. The average Bonchev–Trinajstić information content (AvgIpc) is 3.48. The molecule has 0 spiro atoms. The number of phenols is 2. The first-order valence-corrected chi connectivity index (χ1v) is 13.8. The summed E-state index contributed by atoms with van der Waals surface area (Å²) < 4.78 is 31.4. The van der Waals surface area contributed by atoms with Gasteiger partial charge in [-0.25, -0.2) is 9.59 Å². The minimum Gasteiger partial charge on any atom is -0.504 e. The molecule has 0 radical (unpaired) electrons. The number of aliphatic hydroxyl groups excluding tert-OH is 6. The molecule has 2 saturated heterocycles. The molecule has 250 valence electrons. The number of esters is 2. The van der Waals surface area contributed by atoms with Crippen LogP contribution in [0, 0.1) is 0 Å². The topological polar surface area (TPSA) is 251 Å². The van der Waals surface area contributed by atoms with Gasteiger partial charge in [-0.05, 0) is 47.5 Å². The largest absolute Gasteiger partial charge is 0.504 e. The molecular weight excluding hydrogens is 616 g/mol. The van der Waals surface area contributed by atoms with E-state index in [1.165, 1.54) is 50.6 Å². The molecule has 0 amide bonds. The van der Waals surface area contributed by atoms with Crippen LogP contribution in [0.3, 0.4) is 0 Å². The zero-order chi connectivity index (χ0) is 33.7. The zero-order valence-electron chi connectivity index (χ0n) is 24.5. The third-order valence-corrected chi connectivity index (χ3v) is 7.20. The van der Waals surface area contributed by atoms with Gasteiger partial charge in [-0.1, -0.05) is 12.1 Å². The summed E-state index contributed by atoms with van der Waals surface area (Å²) in [5, 5.41) is 80.0. The Morgan fingerprint density at radius 1 is 0.674 bits per heavy atom. The quantitative estimate of drug-likeness (QED) is 0.0786. The van der Waals surface area contributed by atoms with Gasteiger partial charge in [0, 0.05) is 0 Å². The molecule has 0 aliphatic carbocycles. The van der Waals surface area contributed by atoms with Crippen molar-refractivity contribution < 1.29 is 78.9 Å². The fourth-order valence-corrected chi connectivity index (χ4v) is 4.66. The maximum Gasteiger partial charge on any atom is 0.341 e. The number of carbonyl (C=O) groups is 2. The van der Waals surface area contributed by atoms with Gasteiger partial charge >= 0.3 is 11.9 Å². The normalized spacial score (nSPS) is 28.2. The summed E-state index contributed by atoms with van der Waals surface area (Å²) in [5.74, 6) is -3.12. The minimum absolute atomic E-state index is 0.00665. The SMILES string of the molecule is COc1cc(/C=C(C(=O)O[C@@H]2O[C@@H](CO)[C@H](O)[C@H]2O)\C(=C/c2ccc(O)c(OC)c2)C(=O)O[C@@H]2O[C@@H](CO)[C@H](O)[C@H]2O)ccc1O. The minimum atomic E-state index is -1.79. The standard InChI is InChI=1S/C30H34O16/c1-41-19-9-13(3-5-17(19)33)7-15(27(39)45-29-25(37)23(35)21(11-31)43-29)16(8-14-4-6-18(34)20(10-14)42-2)28(40)46-30-26(38)24(36)22(12-32)44-30/h3-10,21-26,29-38H,11-12H2,1-2H3/b15-7+,16-8+/t21-,22-,23-,24-,25+,26+,29-,30-/m0/s1. The number of carbonyl (C=O) groups excluding carboxylic acids is 2. The van der Waals surface area contributed by atoms with Crippen molar-refractivity contribution in [3.8, 4) is 23.0 Å². The smallest absolute Gasteiger partial charge is 0.341 e. The molecule has 16 nitrogen and oxygen atoms in total. The predicted octanol–water partition coefficient (Wildman–Crippen LogP) is -1.45. The third-order valence-electron chi connectivity index (χ3n) is 7.20. The molecule has 2 fully saturated rings. The van der Waals surface area contributed by atoms with E-state index in [0.29, 0.717) is 0 Å². The number of aliphatic hydroxyl groups is 6. The van der Waals surface area contributed by atoms with E-state index in [9.17, 15) is 50.4 Å². The number of ether oxygens (including phenoxy) is 6. The summed E-state index contributed by atoms with van der Waals surface area (Å²) in [6.45, 7) is -1.43. The fourth-order valence-electron chi connectivity index (χ4n) is 4.66. The van der Waals surface area contributed by atoms with Crippen LogP contribution in [0.2, 0.25) is 0 Å². The van der Waals surface area contributed by atoms with Gasteiger partial charge in [0.05, 0.1) is 38.6 Å². The zero-order valence-corrected chi connectivity index (χ0v) is 24.5. The first-order chi connectivity index (χ1) is 21.9.